The molecule has 1 aliphatic rings. The Bertz CT molecular complexity index is 137. The van der Waals surface area contributed by atoms with Crippen molar-refractivity contribution in [3.63, 3.8) is 0 Å². The third-order valence-corrected chi connectivity index (χ3v) is 2.30. The second-order valence-corrected chi connectivity index (χ2v) is 3.30. The van der Waals surface area contributed by atoms with Crippen LogP contribution < -0.4 is 5.73 Å². The molecule has 0 atom stereocenters. The Morgan fingerprint density at radius 1 is 1.30 bits per heavy atom. The van der Waals surface area contributed by atoms with Gasteiger partial charge in [0.1, 0.15) is 0 Å². The zero-order valence-electron chi connectivity index (χ0n) is 6.40. The van der Waals surface area contributed by atoms with Gasteiger partial charge >= 0.3 is 0 Å². The number of hydrogen-bond donors (Lipinski definition) is 1. The summed E-state index contributed by atoms with van der Waals surface area (Å²) in [6.45, 7) is 0. The van der Waals surface area contributed by atoms with E-state index in [4.69, 9.17) is 12.2 Å². The van der Waals surface area contributed by atoms with Gasteiger partial charge in [-0.3, -0.25) is 0 Å². The second kappa shape index (κ2) is 3.07. The van der Waals surface area contributed by atoms with E-state index in [0.717, 1.165) is 19.3 Å². The van der Waals surface area contributed by atoms with Crippen LogP contribution in [-0.4, -0.2) is 5.54 Å². The lowest BCUT2D eigenvalue weighted by molar-refractivity contribution is 0.302. The highest BCUT2D eigenvalue weighted by atomic mass is 14.7. The van der Waals surface area contributed by atoms with Gasteiger partial charge < -0.3 is 5.73 Å². The van der Waals surface area contributed by atoms with Crippen LogP contribution in [0.5, 0.6) is 0 Å². The third-order valence-electron chi connectivity index (χ3n) is 2.30. The van der Waals surface area contributed by atoms with Crippen molar-refractivity contribution in [1.82, 2.24) is 0 Å². The number of rotatable bonds is 1. The van der Waals surface area contributed by atoms with Crippen molar-refractivity contribution in [2.75, 3.05) is 0 Å². The fourth-order valence-corrected chi connectivity index (χ4v) is 1.64. The molecule has 0 unspecified atom stereocenters. The standard InChI is InChI=1S/C9H15N/c1-2-6-9(10)7-4-3-5-8-9/h1H,3-8,10H2. The van der Waals surface area contributed by atoms with Crippen molar-refractivity contribution in [3.8, 4) is 12.3 Å². The number of terminal acetylenes is 1. The lowest BCUT2D eigenvalue weighted by atomic mass is 9.80. The normalized spacial score (nSPS) is 23.6. The maximum Gasteiger partial charge on any atom is 0.0267 e. The maximum absolute atomic E-state index is 6.03. The summed E-state index contributed by atoms with van der Waals surface area (Å²) >= 11 is 0. The zero-order chi connectivity index (χ0) is 7.45. The molecule has 0 heterocycles. The Morgan fingerprint density at radius 2 is 1.90 bits per heavy atom. The van der Waals surface area contributed by atoms with Gasteiger partial charge in [0, 0.05) is 12.0 Å². The minimum absolute atomic E-state index is 0.00694. The van der Waals surface area contributed by atoms with Crippen molar-refractivity contribution in [3.05, 3.63) is 0 Å². The summed E-state index contributed by atoms with van der Waals surface area (Å²) in [7, 11) is 0. The van der Waals surface area contributed by atoms with E-state index in [2.05, 4.69) is 5.92 Å². The molecule has 0 radical (unpaired) electrons. The SMILES string of the molecule is C#CCC1(N)CCCCC1. The minimum Gasteiger partial charge on any atom is -0.324 e. The third kappa shape index (κ3) is 1.75. The molecule has 56 valence electrons. The van der Waals surface area contributed by atoms with E-state index in [-0.39, 0.29) is 5.54 Å². The van der Waals surface area contributed by atoms with Crippen molar-refractivity contribution in [1.29, 1.82) is 0 Å². The molecule has 1 fully saturated rings. The highest BCUT2D eigenvalue weighted by Crippen LogP contribution is 2.27. The topological polar surface area (TPSA) is 26.0 Å². The summed E-state index contributed by atoms with van der Waals surface area (Å²) in [5.74, 6) is 2.65. The highest BCUT2D eigenvalue weighted by Gasteiger charge is 2.25. The van der Waals surface area contributed by atoms with E-state index < -0.39 is 0 Å². The average molecular weight is 137 g/mol. The summed E-state index contributed by atoms with van der Waals surface area (Å²) in [6, 6.07) is 0. The molecule has 0 aromatic heterocycles. The van der Waals surface area contributed by atoms with Gasteiger partial charge in [-0.2, -0.15) is 0 Å². The smallest absolute Gasteiger partial charge is 0.0267 e. The van der Waals surface area contributed by atoms with E-state index in [1.807, 2.05) is 0 Å². The molecular formula is C9H15N. The number of hydrogen-bond acceptors (Lipinski definition) is 1. The zero-order valence-corrected chi connectivity index (χ0v) is 6.40. The quantitative estimate of drug-likeness (QED) is 0.547. The molecule has 1 saturated carbocycles. The van der Waals surface area contributed by atoms with Gasteiger partial charge in [0.25, 0.3) is 0 Å². The van der Waals surface area contributed by atoms with Crippen LogP contribution >= 0.6 is 0 Å². The van der Waals surface area contributed by atoms with Gasteiger partial charge in [-0.05, 0) is 12.8 Å². The van der Waals surface area contributed by atoms with Gasteiger partial charge in [-0.15, -0.1) is 12.3 Å². The van der Waals surface area contributed by atoms with Gasteiger partial charge in [0.2, 0.25) is 0 Å². The van der Waals surface area contributed by atoms with E-state index in [0.29, 0.717) is 0 Å². The van der Waals surface area contributed by atoms with Crippen molar-refractivity contribution < 1.29 is 0 Å². The van der Waals surface area contributed by atoms with Gasteiger partial charge in [0.15, 0.2) is 0 Å². The molecule has 10 heavy (non-hydrogen) atoms. The van der Waals surface area contributed by atoms with Crippen LogP contribution in [0.1, 0.15) is 38.5 Å². The summed E-state index contributed by atoms with van der Waals surface area (Å²) in [6.07, 6.45) is 12.1. The van der Waals surface area contributed by atoms with Crippen LogP contribution in [0.2, 0.25) is 0 Å². The molecular weight excluding hydrogens is 122 g/mol. The van der Waals surface area contributed by atoms with Crippen molar-refractivity contribution >= 4 is 0 Å². The molecule has 0 saturated heterocycles. The molecule has 1 heteroatoms. The Hall–Kier alpha value is -0.480. The number of nitrogens with two attached hydrogens (primary N) is 1. The van der Waals surface area contributed by atoms with E-state index >= 15 is 0 Å². The van der Waals surface area contributed by atoms with E-state index in [1.54, 1.807) is 0 Å². The molecule has 0 amide bonds. The van der Waals surface area contributed by atoms with Gasteiger partial charge in [-0.25, -0.2) is 0 Å². The fourth-order valence-electron chi connectivity index (χ4n) is 1.64. The fraction of sp³-hybridized carbons (Fsp3) is 0.778. The van der Waals surface area contributed by atoms with Crippen LogP contribution in [-0.2, 0) is 0 Å². The Morgan fingerprint density at radius 3 is 2.40 bits per heavy atom. The summed E-state index contributed by atoms with van der Waals surface area (Å²) in [5.41, 5.74) is 6.02. The molecule has 0 bridgehead atoms. The minimum atomic E-state index is -0.00694. The Balaban J connectivity index is 2.42. The van der Waals surface area contributed by atoms with Gasteiger partial charge in [-0.1, -0.05) is 19.3 Å². The van der Waals surface area contributed by atoms with Crippen LogP contribution in [0.25, 0.3) is 0 Å². The molecule has 1 rings (SSSR count). The average Bonchev–Trinajstić information content (AvgIpc) is 1.89. The van der Waals surface area contributed by atoms with Gasteiger partial charge in [0.05, 0.1) is 0 Å². The first-order valence-electron chi connectivity index (χ1n) is 3.99. The maximum atomic E-state index is 6.03. The first-order chi connectivity index (χ1) is 4.77. The van der Waals surface area contributed by atoms with Crippen LogP contribution in [0, 0.1) is 12.3 Å². The summed E-state index contributed by atoms with van der Waals surface area (Å²) < 4.78 is 0. The summed E-state index contributed by atoms with van der Waals surface area (Å²) in [4.78, 5) is 0. The molecule has 0 aromatic rings. The lowest BCUT2D eigenvalue weighted by Gasteiger charge is -2.31. The Labute approximate surface area is 63.0 Å². The van der Waals surface area contributed by atoms with Crippen LogP contribution in [0.3, 0.4) is 0 Å². The van der Waals surface area contributed by atoms with Crippen molar-refractivity contribution in [2.24, 2.45) is 5.73 Å². The highest BCUT2D eigenvalue weighted by molar-refractivity contribution is 4.99. The van der Waals surface area contributed by atoms with Crippen LogP contribution in [0.4, 0.5) is 0 Å². The molecule has 2 N–H and O–H groups in total. The van der Waals surface area contributed by atoms with E-state index in [1.165, 1.54) is 19.3 Å². The second-order valence-electron chi connectivity index (χ2n) is 3.30. The molecule has 1 aliphatic carbocycles. The lowest BCUT2D eigenvalue weighted by Crippen LogP contribution is -2.41. The molecule has 1 nitrogen and oxygen atoms in total. The van der Waals surface area contributed by atoms with Crippen molar-refractivity contribution in [2.45, 2.75) is 44.1 Å². The largest absolute Gasteiger partial charge is 0.324 e. The molecule has 0 aromatic carbocycles. The predicted octanol–water partition coefficient (Wildman–Crippen LogP) is 1.67. The predicted molar refractivity (Wildman–Crippen MR) is 43.5 cm³/mol. The Kier molecular flexibility index (Phi) is 2.34. The first kappa shape index (κ1) is 7.63. The summed E-state index contributed by atoms with van der Waals surface area (Å²) in [5, 5.41) is 0. The monoisotopic (exact) mass is 137 g/mol. The molecule has 0 aliphatic heterocycles. The van der Waals surface area contributed by atoms with E-state index in [9.17, 15) is 0 Å². The van der Waals surface area contributed by atoms with Crippen LogP contribution in [0.15, 0.2) is 0 Å². The first-order valence-corrected chi connectivity index (χ1v) is 3.99. The molecule has 0 spiro atoms.